The van der Waals surface area contributed by atoms with Crippen LogP contribution in [-0.4, -0.2) is 68.5 Å². The zero-order chi connectivity index (χ0) is 16.9. The van der Waals surface area contributed by atoms with Gasteiger partial charge in [0.2, 0.25) is 0 Å². The summed E-state index contributed by atoms with van der Waals surface area (Å²) in [5.74, 6) is 0. The Morgan fingerprint density at radius 3 is 2.92 bits per heavy atom. The van der Waals surface area contributed by atoms with Crippen molar-refractivity contribution in [3.63, 3.8) is 0 Å². The molecule has 1 aliphatic rings. The van der Waals surface area contributed by atoms with Crippen LogP contribution < -0.4 is 15.5 Å². The number of ether oxygens (including phenoxy) is 1. The maximum absolute atomic E-state index is 5.41. The average Bonchev–Trinajstić information content (AvgIpc) is 2.98. The number of likely N-dealkylation sites (N-methyl/N-ethyl adjacent to an activating group) is 1. The van der Waals surface area contributed by atoms with Gasteiger partial charge >= 0.3 is 0 Å². The summed E-state index contributed by atoms with van der Waals surface area (Å²) < 4.78 is 6.57. The zero-order valence-electron chi connectivity index (χ0n) is 14.0. The third-order valence-corrected chi connectivity index (χ3v) is 5.09. The van der Waals surface area contributed by atoms with Crippen molar-refractivity contribution < 1.29 is 4.74 Å². The molecule has 1 fully saturated rings. The number of nitrogens with zero attached hydrogens (tertiary/aromatic N) is 3. The summed E-state index contributed by atoms with van der Waals surface area (Å²) >= 11 is 7.06. The van der Waals surface area contributed by atoms with Crippen LogP contribution in [0.4, 0.5) is 10.8 Å². The van der Waals surface area contributed by atoms with Gasteiger partial charge in [-0.3, -0.25) is 0 Å². The predicted octanol–water partition coefficient (Wildman–Crippen LogP) is 1.98. The smallest absolute Gasteiger partial charge is 0.186 e. The Balaban J connectivity index is 1.64. The average molecular weight is 366 g/mol. The number of fused-ring (bicyclic) bond motifs is 1. The van der Waals surface area contributed by atoms with E-state index in [9.17, 15) is 0 Å². The third-order valence-electron chi connectivity index (χ3n) is 3.76. The highest BCUT2D eigenvalue weighted by Crippen LogP contribution is 2.31. The molecule has 1 aromatic carbocycles. The van der Waals surface area contributed by atoms with Crippen LogP contribution in [0.1, 0.15) is 0 Å². The molecular formula is C16H23N5OS2. The van der Waals surface area contributed by atoms with Crippen LogP contribution in [0, 0.1) is 0 Å². The van der Waals surface area contributed by atoms with Crippen LogP contribution in [0.3, 0.4) is 0 Å². The topological polar surface area (TPSA) is 52.7 Å². The highest BCUT2D eigenvalue weighted by molar-refractivity contribution is 7.80. The fraction of sp³-hybridized carbons (Fsp3) is 0.500. The van der Waals surface area contributed by atoms with Crippen LogP contribution in [-0.2, 0) is 4.74 Å². The van der Waals surface area contributed by atoms with Crippen LogP contribution in [0.15, 0.2) is 18.2 Å². The molecule has 2 heterocycles. The molecule has 24 heavy (non-hydrogen) atoms. The van der Waals surface area contributed by atoms with E-state index in [2.05, 4.69) is 26.5 Å². The van der Waals surface area contributed by atoms with Crippen LogP contribution in [0.25, 0.3) is 10.2 Å². The molecule has 0 atom stereocenters. The minimum absolute atomic E-state index is 0.647. The van der Waals surface area contributed by atoms with Gasteiger partial charge in [0.05, 0.1) is 23.4 Å². The molecule has 8 heteroatoms. The van der Waals surface area contributed by atoms with E-state index in [1.807, 2.05) is 26.2 Å². The number of hydrogen-bond acceptors (Lipinski definition) is 6. The minimum Gasteiger partial charge on any atom is -0.378 e. The number of morpholine rings is 1. The van der Waals surface area contributed by atoms with Gasteiger partial charge in [-0.1, -0.05) is 11.3 Å². The Kier molecular flexibility index (Phi) is 5.83. The van der Waals surface area contributed by atoms with Crippen LogP contribution in [0.2, 0.25) is 0 Å². The molecule has 0 saturated carbocycles. The highest BCUT2D eigenvalue weighted by Gasteiger charge is 2.15. The maximum atomic E-state index is 5.41. The minimum atomic E-state index is 0.647. The summed E-state index contributed by atoms with van der Waals surface area (Å²) in [5.41, 5.74) is 2.01. The lowest BCUT2D eigenvalue weighted by atomic mass is 10.3. The van der Waals surface area contributed by atoms with Crippen molar-refractivity contribution in [1.82, 2.24) is 15.2 Å². The van der Waals surface area contributed by atoms with E-state index in [1.54, 1.807) is 11.3 Å². The number of hydrogen-bond donors (Lipinski definition) is 2. The van der Waals surface area contributed by atoms with Crippen molar-refractivity contribution in [1.29, 1.82) is 0 Å². The summed E-state index contributed by atoms with van der Waals surface area (Å²) in [6, 6.07) is 6.17. The summed E-state index contributed by atoms with van der Waals surface area (Å²) in [4.78, 5) is 9.14. The number of thiazole rings is 1. The van der Waals surface area contributed by atoms with Crippen molar-refractivity contribution in [2.24, 2.45) is 0 Å². The van der Waals surface area contributed by atoms with E-state index >= 15 is 0 Å². The lowest BCUT2D eigenvalue weighted by molar-refractivity contribution is 0.122. The van der Waals surface area contributed by atoms with Gasteiger partial charge in [0.25, 0.3) is 0 Å². The van der Waals surface area contributed by atoms with Crippen molar-refractivity contribution in [2.75, 3.05) is 63.7 Å². The SMILES string of the molecule is CN(C)CCNC(=S)Nc1ccc2nc(N3CCOCC3)sc2c1. The second-order valence-corrected chi connectivity index (χ2v) is 7.38. The molecule has 1 saturated heterocycles. The molecule has 3 rings (SSSR count). The van der Waals surface area contributed by atoms with Gasteiger partial charge in [-0.25, -0.2) is 4.98 Å². The van der Waals surface area contributed by atoms with Crippen molar-refractivity contribution in [3.8, 4) is 0 Å². The number of aromatic nitrogens is 1. The van der Waals surface area contributed by atoms with E-state index in [1.165, 1.54) is 0 Å². The molecule has 0 amide bonds. The van der Waals surface area contributed by atoms with Crippen molar-refractivity contribution >= 4 is 49.7 Å². The second-order valence-electron chi connectivity index (χ2n) is 5.96. The van der Waals surface area contributed by atoms with E-state index in [0.29, 0.717) is 5.11 Å². The van der Waals surface area contributed by atoms with E-state index in [-0.39, 0.29) is 0 Å². The molecular weight excluding hydrogens is 342 g/mol. The monoisotopic (exact) mass is 365 g/mol. The van der Waals surface area contributed by atoms with Gasteiger partial charge in [-0.2, -0.15) is 0 Å². The Labute approximate surface area is 151 Å². The van der Waals surface area contributed by atoms with Gasteiger partial charge in [0, 0.05) is 31.9 Å². The maximum Gasteiger partial charge on any atom is 0.186 e. The van der Waals surface area contributed by atoms with E-state index in [0.717, 1.165) is 60.4 Å². The van der Waals surface area contributed by atoms with Gasteiger partial charge in [0.1, 0.15) is 0 Å². The van der Waals surface area contributed by atoms with E-state index in [4.69, 9.17) is 21.9 Å². The first kappa shape index (κ1) is 17.3. The molecule has 0 spiro atoms. The predicted molar refractivity (Wildman–Crippen MR) is 105 cm³/mol. The molecule has 2 N–H and O–H groups in total. The van der Waals surface area contributed by atoms with E-state index < -0.39 is 0 Å². The summed E-state index contributed by atoms with van der Waals surface area (Å²) in [6.07, 6.45) is 0. The lowest BCUT2D eigenvalue weighted by Crippen LogP contribution is -2.36. The first-order valence-corrected chi connectivity index (χ1v) is 9.27. The quantitative estimate of drug-likeness (QED) is 0.786. The number of benzene rings is 1. The summed E-state index contributed by atoms with van der Waals surface area (Å²) in [6.45, 7) is 5.13. The standard InChI is InChI=1S/C16H23N5OS2/c1-20(2)6-5-17-15(23)18-12-3-4-13-14(11-12)24-16(19-13)21-7-9-22-10-8-21/h3-4,11H,5-10H2,1-2H3,(H2,17,18,23). The van der Waals surface area contributed by atoms with Crippen molar-refractivity contribution in [2.45, 2.75) is 0 Å². The molecule has 0 radical (unpaired) electrons. The molecule has 130 valence electrons. The normalized spacial score (nSPS) is 15.0. The molecule has 0 bridgehead atoms. The van der Waals surface area contributed by atoms with Crippen LogP contribution >= 0.6 is 23.6 Å². The molecule has 6 nitrogen and oxygen atoms in total. The summed E-state index contributed by atoms with van der Waals surface area (Å²) in [7, 11) is 4.09. The van der Waals surface area contributed by atoms with Gasteiger partial charge in [-0.15, -0.1) is 0 Å². The third kappa shape index (κ3) is 4.54. The van der Waals surface area contributed by atoms with Crippen LogP contribution in [0.5, 0.6) is 0 Å². The number of thiocarbonyl (C=S) groups is 1. The van der Waals surface area contributed by atoms with Gasteiger partial charge < -0.3 is 25.2 Å². The van der Waals surface area contributed by atoms with Gasteiger partial charge in [-0.05, 0) is 44.5 Å². The Hall–Kier alpha value is -1.48. The fourth-order valence-electron chi connectivity index (χ4n) is 2.45. The molecule has 2 aromatic rings. The largest absolute Gasteiger partial charge is 0.378 e. The Morgan fingerprint density at radius 2 is 2.17 bits per heavy atom. The first-order valence-electron chi connectivity index (χ1n) is 8.05. The second kappa shape index (κ2) is 8.06. The number of nitrogens with one attached hydrogen (secondary N) is 2. The fourth-order valence-corrected chi connectivity index (χ4v) is 3.72. The Bertz CT molecular complexity index is 697. The summed E-state index contributed by atoms with van der Waals surface area (Å²) in [5, 5.41) is 8.17. The lowest BCUT2D eigenvalue weighted by Gasteiger charge is -2.25. The van der Waals surface area contributed by atoms with Gasteiger partial charge in [0.15, 0.2) is 10.2 Å². The first-order chi connectivity index (χ1) is 11.6. The number of rotatable bonds is 5. The highest BCUT2D eigenvalue weighted by atomic mass is 32.1. The molecule has 1 aromatic heterocycles. The van der Waals surface area contributed by atoms with Crippen molar-refractivity contribution in [3.05, 3.63) is 18.2 Å². The molecule has 1 aliphatic heterocycles. The molecule has 0 unspecified atom stereocenters. The zero-order valence-corrected chi connectivity index (χ0v) is 15.7. The number of anilines is 2. The molecule has 0 aliphatic carbocycles. The Morgan fingerprint density at radius 1 is 1.38 bits per heavy atom.